The van der Waals surface area contributed by atoms with Crippen LogP contribution in [0.3, 0.4) is 0 Å². The lowest BCUT2D eigenvalue weighted by Gasteiger charge is -2.32. The fourth-order valence-electron chi connectivity index (χ4n) is 3.41. The van der Waals surface area contributed by atoms with Gasteiger partial charge in [0.2, 0.25) is 0 Å². The highest BCUT2D eigenvalue weighted by molar-refractivity contribution is 5.44. The second-order valence-corrected chi connectivity index (χ2v) is 5.68. The molecule has 0 saturated heterocycles. The quantitative estimate of drug-likeness (QED) is 0.805. The summed E-state index contributed by atoms with van der Waals surface area (Å²) in [5.41, 5.74) is 11.0. The molecule has 0 bridgehead atoms. The summed E-state index contributed by atoms with van der Waals surface area (Å²) in [7, 11) is 0. The van der Waals surface area contributed by atoms with Gasteiger partial charge in [0.25, 0.3) is 0 Å². The third kappa shape index (κ3) is 1.49. The van der Waals surface area contributed by atoms with E-state index in [1.54, 1.807) is 11.1 Å². The molecule has 0 amide bonds. The zero-order chi connectivity index (χ0) is 11.2. The van der Waals surface area contributed by atoms with Gasteiger partial charge in [-0.15, -0.1) is 0 Å². The van der Waals surface area contributed by atoms with Crippen molar-refractivity contribution in [3.05, 3.63) is 34.9 Å². The average Bonchev–Trinajstić information content (AvgIpc) is 3.04. The molecule has 1 saturated carbocycles. The smallest absolute Gasteiger partial charge is 0.00433 e. The number of aryl methyl sites for hydroxylation is 1. The highest BCUT2D eigenvalue weighted by Crippen LogP contribution is 2.58. The zero-order valence-corrected chi connectivity index (χ0v) is 10.1. The molecule has 1 spiro atoms. The predicted molar refractivity (Wildman–Crippen MR) is 67.7 cm³/mol. The molecule has 2 aliphatic carbocycles. The Morgan fingerprint density at radius 1 is 1.31 bits per heavy atom. The second kappa shape index (κ2) is 3.59. The van der Waals surface area contributed by atoms with Crippen LogP contribution < -0.4 is 5.73 Å². The van der Waals surface area contributed by atoms with E-state index >= 15 is 0 Å². The standard InChI is InChI=1S/C15H21N/c1-11-2-3-14-13(10-11)12(5-9-16)4-6-15(14)7-8-15/h2-3,10,12H,4-9,16H2,1H3. The molecule has 1 aromatic carbocycles. The monoisotopic (exact) mass is 215 g/mol. The Bertz CT molecular complexity index is 404. The molecular weight excluding hydrogens is 194 g/mol. The van der Waals surface area contributed by atoms with Crippen molar-refractivity contribution < 1.29 is 0 Å². The predicted octanol–water partition coefficient (Wildman–Crippen LogP) is 3.25. The summed E-state index contributed by atoms with van der Waals surface area (Å²) in [5, 5.41) is 0. The molecule has 16 heavy (non-hydrogen) atoms. The van der Waals surface area contributed by atoms with Gasteiger partial charge < -0.3 is 5.73 Å². The fourth-order valence-corrected chi connectivity index (χ4v) is 3.41. The normalized spacial score (nSPS) is 25.5. The van der Waals surface area contributed by atoms with Crippen molar-refractivity contribution in [2.75, 3.05) is 6.54 Å². The lowest BCUT2D eigenvalue weighted by atomic mass is 9.73. The van der Waals surface area contributed by atoms with Gasteiger partial charge in [-0.05, 0) is 68.0 Å². The maximum absolute atomic E-state index is 5.74. The van der Waals surface area contributed by atoms with Crippen LogP contribution in [0.1, 0.15) is 54.7 Å². The highest BCUT2D eigenvalue weighted by Gasteiger charge is 2.48. The zero-order valence-electron chi connectivity index (χ0n) is 10.1. The first kappa shape index (κ1) is 10.3. The van der Waals surface area contributed by atoms with Crippen LogP contribution in [-0.4, -0.2) is 6.54 Å². The number of fused-ring (bicyclic) bond motifs is 2. The number of hydrogen-bond acceptors (Lipinski definition) is 1. The third-order valence-corrected chi connectivity index (χ3v) is 4.56. The van der Waals surface area contributed by atoms with Crippen LogP contribution >= 0.6 is 0 Å². The van der Waals surface area contributed by atoms with Crippen LogP contribution in [0.25, 0.3) is 0 Å². The molecule has 0 radical (unpaired) electrons. The first-order valence-corrected chi connectivity index (χ1v) is 6.56. The van der Waals surface area contributed by atoms with Gasteiger partial charge in [0, 0.05) is 0 Å². The highest BCUT2D eigenvalue weighted by atomic mass is 14.6. The van der Waals surface area contributed by atoms with E-state index in [4.69, 9.17) is 5.73 Å². The minimum absolute atomic E-state index is 0.591. The number of nitrogens with two attached hydrogens (primary N) is 1. The molecule has 0 aliphatic heterocycles. The van der Waals surface area contributed by atoms with Crippen LogP contribution in [0.2, 0.25) is 0 Å². The largest absolute Gasteiger partial charge is 0.330 e. The Morgan fingerprint density at radius 3 is 2.81 bits per heavy atom. The van der Waals surface area contributed by atoms with Crippen molar-refractivity contribution in [2.24, 2.45) is 5.73 Å². The van der Waals surface area contributed by atoms with Crippen molar-refractivity contribution in [3.63, 3.8) is 0 Å². The lowest BCUT2D eigenvalue weighted by molar-refractivity contribution is 0.455. The van der Waals surface area contributed by atoms with E-state index < -0.39 is 0 Å². The molecule has 1 atom stereocenters. The summed E-state index contributed by atoms with van der Waals surface area (Å²) in [4.78, 5) is 0. The van der Waals surface area contributed by atoms with Crippen molar-refractivity contribution >= 4 is 0 Å². The molecule has 2 aliphatic rings. The van der Waals surface area contributed by atoms with E-state index in [1.807, 2.05) is 0 Å². The molecule has 86 valence electrons. The average molecular weight is 215 g/mol. The Labute approximate surface area is 98.0 Å². The first-order chi connectivity index (χ1) is 7.75. The molecule has 1 nitrogen and oxygen atoms in total. The van der Waals surface area contributed by atoms with Crippen LogP contribution in [0.15, 0.2) is 18.2 Å². The van der Waals surface area contributed by atoms with E-state index in [2.05, 4.69) is 25.1 Å². The Hall–Kier alpha value is -0.820. The van der Waals surface area contributed by atoms with Crippen LogP contribution in [0.4, 0.5) is 0 Å². The van der Waals surface area contributed by atoms with Crippen LogP contribution in [0.5, 0.6) is 0 Å². The van der Waals surface area contributed by atoms with Gasteiger partial charge in [-0.25, -0.2) is 0 Å². The van der Waals surface area contributed by atoms with Crippen LogP contribution in [-0.2, 0) is 5.41 Å². The molecule has 0 heterocycles. The van der Waals surface area contributed by atoms with Crippen molar-refractivity contribution in [2.45, 2.75) is 50.4 Å². The summed E-state index contributed by atoms with van der Waals surface area (Å²) >= 11 is 0. The maximum atomic E-state index is 5.74. The number of benzene rings is 1. The molecule has 0 aromatic heterocycles. The van der Waals surface area contributed by atoms with E-state index in [9.17, 15) is 0 Å². The van der Waals surface area contributed by atoms with Crippen molar-refractivity contribution in [1.29, 1.82) is 0 Å². The van der Waals surface area contributed by atoms with Gasteiger partial charge >= 0.3 is 0 Å². The summed E-state index contributed by atoms with van der Waals surface area (Å²) in [5.74, 6) is 0.728. The number of hydrogen-bond donors (Lipinski definition) is 1. The minimum Gasteiger partial charge on any atom is -0.330 e. The van der Waals surface area contributed by atoms with Crippen LogP contribution in [0, 0.1) is 6.92 Å². The Balaban J connectivity index is 2.04. The molecule has 1 aromatic rings. The molecule has 1 heteroatoms. The van der Waals surface area contributed by atoms with E-state index in [-0.39, 0.29) is 0 Å². The molecule has 1 fully saturated rings. The summed E-state index contributed by atoms with van der Waals surface area (Å²) in [6.07, 6.45) is 6.74. The van der Waals surface area contributed by atoms with Crippen molar-refractivity contribution in [1.82, 2.24) is 0 Å². The number of rotatable bonds is 2. The van der Waals surface area contributed by atoms with E-state index in [1.165, 1.54) is 31.2 Å². The minimum atomic E-state index is 0.591. The van der Waals surface area contributed by atoms with Gasteiger partial charge in [-0.3, -0.25) is 0 Å². The molecular formula is C15H21N. The topological polar surface area (TPSA) is 26.0 Å². The maximum Gasteiger partial charge on any atom is -0.00433 e. The Morgan fingerprint density at radius 2 is 2.12 bits per heavy atom. The van der Waals surface area contributed by atoms with Gasteiger partial charge in [-0.2, -0.15) is 0 Å². The lowest BCUT2D eigenvalue weighted by Crippen LogP contribution is -2.21. The van der Waals surface area contributed by atoms with Gasteiger partial charge in [0.1, 0.15) is 0 Å². The Kier molecular flexibility index (Phi) is 2.32. The second-order valence-electron chi connectivity index (χ2n) is 5.68. The SMILES string of the molecule is Cc1ccc2c(c1)C(CCN)CCC21CC1. The molecule has 1 unspecified atom stereocenters. The fraction of sp³-hybridized carbons (Fsp3) is 0.600. The van der Waals surface area contributed by atoms with Gasteiger partial charge in [-0.1, -0.05) is 23.8 Å². The van der Waals surface area contributed by atoms with E-state index in [0.29, 0.717) is 5.41 Å². The summed E-state index contributed by atoms with van der Waals surface area (Å²) in [6.45, 7) is 3.03. The van der Waals surface area contributed by atoms with Gasteiger partial charge in [0.15, 0.2) is 0 Å². The summed E-state index contributed by atoms with van der Waals surface area (Å²) in [6, 6.07) is 7.08. The first-order valence-electron chi connectivity index (χ1n) is 6.56. The van der Waals surface area contributed by atoms with Crippen molar-refractivity contribution in [3.8, 4) is 0 Å². The van der Waals surface area contributed by atoms with Gasteiger partial charge in [0.05, 0.1) is 0 Å². The summed E-state index contributed by atoms with van der Waals surface area (Å²) < 4.78 is 0. The molecule has 3 rings (SSSR count). The third-order valence-electron chi connectivity index (χ3n) is 4.56. The van der Waals surface area contributed by atoms with E-state index in [0.717, 1.165) is 18.9 Å². The molecule has 2 N–H and O–H groups in total.